The van der Waals surface area contributed by atoms with E-state index in [-0.39, 0.29) is 97.7 Å². The van der Waals surface area contributed by atoms with E-state index in [2.05, 4.69) is 0 Å². The molecule has 2 bridgehead atoms. The second-order valence-corrected chi connectivity index (χ2v) is 34.2. The second kappa shape index (κ2) is 40.5. The van der Waals surface area contributed by atoms with Crippen molar-refractivity contribution in [1.82, 2.24) is 14.7 Å². The molecule has 3 N–H and O–H groups in total. The molecule has 0 radical (unpaired) electrons. The number of fused-ring (bicyclic) bond motifs is 7. The predicted octanol–water partition coefficient (Wildman–Crippen LogP) is 11.1. The summed E-state index contributed by atoms with van der Waals surface area (Å²) < 4.78 is 55.0. The fourth-order valence-electron chi connectivity index (χ4n) is 18.7. The number of carbonyl (C=O) groups is 10. The molecule has 0 aromatic heterocycles. The zero-order chi connectivity index (χ0) is 82.3. The third-order valence-corrected chi connectivity index (χ3v) is 25.2. The summed E-state index contributed by atoms with van der Waals surface area (Å²) in [6.07, 6.45) is 14.0. The van der Waals surface area contributed by atoms with E-state index < -0.39 is 154 Å². The lowest BCUT2D eigenvalue weighted by Crippen LogP contribution is -2.61. The number of carbonyl (C=O) groups excluding carboxylic acids is 10. The van der Waals surface area contributed by atoms with Crippen LogP contribution in [0.2, 0.25) is 0 Å². The first-order chi connectivity index (χ1) is 53.0. The van der Waals surface area contributed by atoms with Gasteiger partial charge in [0.15, 0.2) is 23.8 Å². The number of cyclic esters (lactones) is 2. The number of aliphatic hydroxyl groups excluding tert-OH is 2. The molecule has 25 heteroatoms. The summed E-state index contributed by atoms with van der Waals surface area (Å²) in [6.45, 7) is 18.8. The number of esters is 5. The van der Waals surface area contributed by atoms with Gasteiger partial charge in [-0.25, -0.2) is 9.59 Å². The molecule has 0 aromatic carbocycles. The van der Waals surface area contributed by atoms with E-state index in [9.17, 15) is 63.3 Å². The van der Waals surface area contributed by atoms with Gasteiger partial charge < -0.3 is 72.7 Å². The number of nitrogens with zero attached hydrogens (tertiary/aromatic N) is 3. The summed E-state index contributed by atoms with van der Waals surface area (Å²) in [5.74, 6) is -13.0. The molecule has 3 saturated heterocycles. The molecular weight excluding hydrogens is 1440 g/mol. The zero-order valence-corrected chi connectivity index (χ0v) is 69.4. The highest BCUT2D eigenvalue weighted by atomic mass is 16.6. The first-order valence-electron chi connectivity index (χ1n) is 41.0. The Balaban J connectivity index is 0.974. The lowest BCUT2D eigenvalue weighted by atomic mass is 9.53. The van der Waals surface area contributed by atoms with Crippen LogP contribution in [0.25, 0.3) is 0 Å². The van der Waals surface area contributed by atoms with Crippen LogP contribution in [0.5, 0.6) is 0 Å². The molecule has 624 valence electrons. The van der Waals surface area contributed by atoms with Crippen LogP contribution in [-0.2, 0) is 90.6 Å². The number of piperidine rings is 1. The first-order valence-corrected chi connectivity index (χ1v) is 41.0. The molecule has 112 heavy (non-hydrogen) atoms. The van der Waals surface area contributed by atoms with Crippen molar-refractivity contribution >= 4 is 58.9 Å². The van der Waals surface area contributed by atoms with E-state index >= 15 is 0 Å². The molecule has 0 aromatic rings. The molecule has 18 atom stereocenters. The molecule has 4 aliphatic carbocycles. The maximum atomic E-state index is 14.9. The van der Waals surface area contributed by atoms with Gasteiger partial charge in [0.05, 0.1) is 35.9 Å². The van der Waals surface area contributed by atoms with E-state index in [4.69, 9.17) is 42.6 Å². The zero-order valence-electron chi connectivity index (χ0n) is 69.4. The van der Waals surface area contributed by atoms with Crippen LogP contribution in [0.1, 0.15) is 217 Å². The quantitative estimate of drug-likeness (QED) is 0.0226. The largest absolute Gasteiger partial charge is 0.504 e. The minimum absolute atomic E-state index is 0.00953. The topological polar surface area (TPSA) is 324 Å². The van der Waals surface area contributed by atoms with Crippen molar-refractivity contribution in [2.45, 2.75) is 284 Å². The molecule has 25 nitrogen and oxygen atoms in total. The van der Waals surface area contributed by atoms with Gasteiger partial charge in [0.2, 0.25) is 11.6 Å². The number of Topliss-reactive ketones (excluding diaryl/α,β-unsaturated/α-hetero) is 4. The SMILES string of the molecule is COC[C@H]1OC(=O)/C(=C/N(C)CCCN(C)C)C2=C(O)C(=O)C3=C([C@H](OC(C)=O)C[C@]4(C)[C@@H](OC(=O)CCCCCCC(=O)O[C@@H]5/C(C)=C/[C@@H](C)C(=O)C[C@@H]([C@H](C)CC6CCC(O)CC6)OC(=O)[C@@H]6CCCCN6C(=O)C(=O)[C@]6(O)O[C@@H](CC[C@H]6C)C[C@H](OC)/C(C)=C/C=C/C=C/[C@@H](C)C[C@@H](C)C(=O)[C@@H]5OC)CC[C@@H]34)[C@]21C. The van der Waals surface area contributed by atoms with Crippen molar-refractivity contribution in [3.05, 3.63) is 81.9 Å². The van der Waals surface area contributed by atoms with Crippen molar-refractivity contribution in [3.63, 3.8) is 0 Å². The van der Waals surface area contributed by atoms with Crippen LogP contribution in [0.3, 0.4) is 0 Å². The van der Waals surface area contributed by atoms with Crippen LogP contribution in [0.4, 0.5) is 0 Å². The fourth-order valence-corrected chi connectivity index (χ4v) is 18.7. The number of allylic oxidation sites excluding steroid dienone is 7. The van der Waals surface area contributed by atoms with Crippen molar-refractivity contribution in [1.29, 1.82) is 0 Å². The van der Waals surface area contributed by atoms with Crippen LogP contribution in [0, 0.1) is 52.3 Å². The minimum atomic E-state index is -2.49. The highest BCUT2D eigenvalue weighted by molar-refractivity contribution is 6.39. The molecule has 8 rings (SSSR count). The van der Waals surface area contributed by atoms with Crippen molar-refractivity contribution in [2.75, 3.05) is 68.7 Å². The molecule has 5 fully saturated rings. The Morgan fingerprint density at radius 1 is 0.759 bits per heavy atom. The number of methoxy groups -OCH3 is 3. The Bertz CT molecular complexity index is 3620. The van der Waals surface area contributed by atoms with E-state index in [1.807, 2.05) is 82.0 Å². The van der Waals surface area contributed by atoms with Gasteiger partial charge in [-0.15, -0.1) is 0 Å². The monoisotopic (exact) mass is 1570 g/mol. The summed E-state index contributed by atoms with van der Waals surface area (Å²) in [5.41, 5.74) is -0.354. The third kappa shape index (κ3) is 21.7. The number of ketones is 4. The van der Waals surface area contributed by atoms with E-state index in [0.29, 0.717) is 108 Å². The summed E-state index contributed by atoms with van der Waals surface area (Å²) in [6, 6.07) is -1.21. The van der Waals surface area contributed by atoms with E-state index in [1.165, 1.54) is 26.0 Å². The van der Waals surface area contributed by atoms with Gasteiger partial charge >= 0.3 is 29.8 Å². The highest BCUT2D eigenvalue weighted by Crippen LogP contribution is 2.64. The summed E-state index contributed by atoms with van der Waals surface area (Å²) in [5, 5.41) is 34.7. The predicted molar refractivity (Wildman–Crippen MR) is 417 cm³/mol. The minimum Gasteiger partial charge on any atom is -0.504 e. The molecule has 4 aliphatic heterocycles. The first kappa shape index (κ1) is 90.5. The van der Waals surface area contributed by atoms with Crippen molar-refractivity contribution < 1.29 is 106 Å². The van der Waals surface area contributed by atoms with Gasteiger partial charge in [0, 0.05) is 115 Å². The van der Waals surface area contributed by atoms with E-state index in [1.54, 1.807) is 61.1 Å². The van der Waals surface area contributed by atoms with E-state index in [0.717, 1.165) is 31.4 Å². The molecule has 4 heterocycles. The van der Waals surface area contributed by atoms with Crippen LogP contribution in [0.15, 0.2) is 81.9 Å². The molecule has 0 unspecified atom stereocenters. The third-order valence-electron chi connectivity index (χ3n) is 25.2. The van der Waals surface area contributed by atoms with Crippen LogP contribution in [-0.4, -0.2) is 224 Å². The molecule has 8 aliphatic rings. The van der Waals surface area contributed by atoms with Gasteiger partial charge in [0.1, 0.15) is 36.2 Å². The summed E-state index contributed by atoms with van der Waals surface area (Å²) in [7, 11) is 10.1. The van der Waals surface area contributed by atoms with Crippen LogP contribution < -0.4 is 0 Å². The summed E-state index contributed by atoms with van der Waals surface area (Å²) >= 11 is 0. The Labute approximate surface area is 663 Å². The Hall–Kier alpha value is -7.00. The maximum absolute atomic E-state index is 14.9. The van der Waals surface area contributed by atoms with Crippen molar-refractivity contribution in [3.8, 4) is 0 Å². The Morgan fingerprint density at radius 3 is 2.10 bits per heavy atom. The normalized spacial score (nSPS) is 35.9. The lowest BCUT2D eigenvalue weighted by molar-refractivity contribution is -0.265. The second-order valence-electron chi connectivity index (χ2n) is 34.2. The van der Waals surface area contributed by atoms with Gasteiger partial charge in [-0.05, 0) is 191 Å². The van der Waals surface area contributed by atoms with Crippen molar-refractivity contribution in [2.24, 2.45) is 52.3 Å². The number of unbranched alkanes of at least 4 members (excludes halogenated alkanes) is 3. The maximum Gasteiger partial charge on any atom is 0.340 e. The number of hydrogen-bond donors (Lipinski definition) is 3. The van der Waals surface area contributed by atoms with Gasteiger partial charge in [-0.1, -0.05) is 90.8 Å². The van der Waals surface area contributed by atoms with Crippen LogP contribution >= 0.6 is 0 Å². The molecular formula is C87H129N3O22. The number of ether oxygens (including phenoxy) is 9. The lowest BCUT2D eigenvalue weighted by Gasteiger charge is -2.54. The molecule has 0 spiro atoms. The summed E-state index contributed by atoms with van der Waals surface area (Å²) in [4.78, 5) is 149. The molecule has 1 amide bonds. The smallest absolute Gasteiger partial charge is 0.340 e. The average molecular weight is 1570 g/mol. The average Bonchev–Trinajstić information content (AvgIpc) is 1.21. The fraction of sp³-hybridized carbons (Fsp3) is 0.724. The van der Waals surface area contributed by atoms with Gasteiger partial charge in [-0.3, -0.25) is 38.4 Å². The Morgan fingerprint density at radius 2 is 1.45 bits per heavy atom. The number of aliphatic hydroxyl groups is 3. The van der Waals surface area contributed by atoms with Gasteiger partial charge in [0.25, 0.3) is 11.7 Å². The Kier molecular flexibility index (Phi) is 32.8. The molecule has 2 saturated carbocycles. The number of hydrogen-bond acceptors (Lipinski definition) is 24. The van der Waals surface area contributed by atoms with Gasteiger partial charge in [-0.2, -0.15) is 0 Å². The highest BCUT2D eigenvalue weighted by Gasteiger charge is 2.65. The number of amides is 1. The standard InChI is InChI=1S/C87H129N3O22/c1-51-27-20-19-21-28-52(2)66(105-15)46-61-37-32-57(7)87(103,112-61)81(99)82(100)90-42-25-24-29-64(90)84(102)108-67(54(4)45-59-33-35-60(92)36-34-59)47-65(93)53(3)44-56(6)79(80(106-16)76(96)55(5)43-51)111-72(95)31-23-18-17-22-30-71(94)109-69-39-38-63-73-75(68(107-58(8)91)48-85(63,69)9)86(10)70(50-104-14)110-83(101)62(74(86)78(98)77(73)97)49-89(13)41-26-40-88(11)12/h19-21,27-28,44,49,51,53-55,57,59-61,63-64,66-70,79-80,92,98,103H,17-18,22-26,29-43,45-48,50H2,1-16H3/b21-19+,27-20+,52-28+,56-44+,62-49+/t51-,53-,54-,55-,57-,59?,60?,61+,63+,64+,66+,67+,68-,69+,70-,79-,80+,85+,86+,87-/m1/s1. The number of rotatable bonds is 22.